The Morgan fingerprint density at radius 2 is 1.17 bits per heavy atom. The normalized spacial score (nSPS) is 10.8. The number of hydrogen-bond donors (Lipinski definition) is 2. The summed E-state index contributed by atoms with van der Waals surface area (Å²) in [6, 6.07) is 0. The van der Waals surface area contributed by atoms with Crippen LogP contribution in [0.3, 0.4) is 0 Å². The van der Waals surface area contributed by atoms with Crippen LogP contribution in [0.2, 0.25) is 0 Å². The van der Waals surface area contributed by atoms with E-state index in [2.05, 4.69) is 13.8 Å². The predicted octanol–water partition coefficient (Wildman–Crippen LogP) is 6.28. The van der Waals surface area contributed by atoms with Crippen molar-refractivity contribution in [3.63, 3.8) is 0 Å². The summed E-state index contributed by atoms with van der Waals surface area (Å²) >= 11 is 0. The van der Waals surface area contributed by atoms with Gasteiger partial charge in [-0.1, -0.05) is 79.1 Å². The van der Waals surface area contributed by atoms with Gasteiger partial charge in [-0.3, -0.25) is 9.59 Å². The van der Waals surface area contributed by atoms with Crippen molar-refractivity contribution in [2.75, 3.05) is 0 Å². The number of rotatable bonds is 14. The predicted molar refractivity (Wildman–Crippen MR) is 100 cm³/mol. The molecule has 0 unspecified atom stereocenters. The van der Waals surface area contributed by atoms with E-state index < -0.39 is 17.4 Å². The molecule has 0 saturated heterocycles. The van der Waals surface area contributed by atoms with Crippen LogP contribution in [0.5, 0.6) is 0 Å². The minimum atomic E-state index is -0.670. The van der Waals surface area contributed by atoms with Crippen LogP contribution in [0, 0.1) is 5.41 Å². The molecule has 0 bridgehead atoms. The maximum atomic E-state index is 11.1. The smallest absolute Gasteiger partial charge is 0.309 e. The van der Waals surface area contributed by atoms with Crippen LogP contribution in [0.15, 0.2) is 0 Å². The molecular formula is C20H40O4. The Labute approximate surface area is 149 Å². The van der Waals surface area contributed by atoms with E-state index in [9.17, 15) is 14.7 Å². The van der Waals surface area contributed by atoms with E-state index in [1.54, 1.807) is 0 Å². The Morgan fingerprint density at radius 1 is 0.708 bits per heavy atom. The van der Waals surface area contributed by atoms with Crippen molar-refractivity contribution in [2.45, 2.75) is 111 Å². The average molecular weight is 345 g/mol. The van der Waals surface area contributed by atoms with E-state index >= 15 is 0 Å². The third kappa shape index (κ3) is 13.4. The van der Waals surface area contributed by atoms with Gasteiger partial charge in [0, 0.05) is 6.42 Å². The van der Waals surface area contributed by atoms with Crippen molar-refractivity contribution in [3.8, 4) is 0 Å². The number of carboxylic acids is 2. The van der Waals surface area contributed by atoms with Crippen molar-refractivity contribution < 1.29 is 19.8 Å². The molecular weight excluding hydrogens is 304 g/mol. The summed E-state index contributed by atoms with van der Waals surface area (Å²) in [4.78, 5) is 21.2. The highest BCUT2D eigenvalue weighted by Crippen LogP contribution is 2.33. The molecule has 0 atom stereocenters. The number of hydrogen-bond acceptors (Lipinski definition) is 2. The molecule has 0 aliphatic heterocycles. The van der Waals surface area contributed by atoms with Crippen molar-refractivity contribution in [1.29, 1.82) is 0 Å². The molecule has 0 spiro atoms. The Hall–Kier alpha value is -1.06. The number of unbranched alkanes of at least 4 members (excludes halogenated alkanes) is 7. The molecule has 0 aliphatic carbocycles. The lowest BCUT2D eigenvalue weighted by molar-refractivity contribution is -0.150. The van der Waals surface area contributed by atoms with Gasteiger partial charge in [-0.15, -0.1) is 0 Å². The van der Waals surface area contributed by atoms with Crippen LogP contribution in [-0.4, -0.2) is 22.2 Å². The first-order chi connectivity index (χ1) is 11.4. The second-order valence-electron chi connectivity index (χ2n) is 6.66. The Balaban J connectivity index is 0. The Morgan fingerprint density at radius 3 is 1.54 bits per heavy atom. The van der Waals surface area contributed by atoms with E-state index in [0.717, 1.165) is 38.5 Å². The monoisotopic (exact) mass is 344 g/mol. The van der Waals surface area contributed by atoms with E-state index in [1.165, 1.54) is 38.5 Å². The average Bonchev–Trinajstić information content (AvgIpc) is 2.55. The van der Waals surface area contributed by atoms with Gasteiger partial charge >= 0.3 is 11.9 Å². The molecule has 0 rings (SSSR count). The molecule has 4 heteroatoms. The van der Waals surface area contributed by atoms with Gasteiger partial charge in [-0.05, 0) is 25.7 Å². The first-order valence-corrected chi connectivity index (χ1v) is 9.85. The van der Waals surface area contributed by atoms with E-state index in [0.29, 0.717) is 6.42 Å². The van der Waals surface area contributed by atoms with Crippen molar-refractivity contribution in [1.82, 2.24) is 0 Å². The fraction of sp³-hybridized carbons (Fsp3) is 0.900. The fourth-order valence-corrected chi connectivity index (χ4v) is 2.78. The molecule has 0 amide bonds. The zero-order valence-electron chi connectivity index (χ0n) is 16.4. The van der Waals surface area contributed by atoms with E-state index in [-0.39, 0.29) is 0 Å². The standard InChI is InChI=1S/C12H24O2.C8H16O2/c1-4-7-8-9-10-12(5-2,6-3)11(13)14;1-2-3-4-5-6-7-8(9)10/h4-10H2,1-3H3,(H,13,14);2-7H2,1H3,(H,9,10). The highest BCUT2D eigenvalue weighted by Gasteiger charge is 2.33. The Kier molecular flexibility index (Phi) is 17.6. The van der Waals surface area contributed by atoms with Crippen LogP contribution in [0.1, 0.15) is 111 Å². The largest absolute Gasteiger partial charge is 0.481 e. The van der Waals surface area contributed by atoms with Crippen LogP contribution in [0.4, 0.5) is 0 Å². The van der Waals surface area contributed by atoms with E-state index in [1.807, 2.05) is 13.8 Å². The first kappa shape index (κ1) is 25.2. The lowest BCUT2D eigenvalue weighted by atomic mass is 9.78. The van der Waals surface area contributed by atoms with Crippen LogP contribution in [0.25, 0.3) is 0 Å². The van der Waals surface area contributed by atoms with Gasteiger partial charge in [0.15, 0.2) is 0 Å². The zero-order valence-corrected chi connectivity index (χ0v) is 16.4. The highest BCUT2D eigenvalue weighted by atomic mass is 16.4. The third-order valence-electron chi connectivity index (χ3n) is 4.81. The van der Waals surface area contributed by atoms with Crippen LogP contribution in [-0.2, 0) is 9.59 Å². The maximum absolute atomic E-state index is 11.1. The topological polar surface area (TPSA) is 74.6 Å². The number of aliphatic carboxylic acids is 2. The number of carboxylic acid groups (broad SMARTS) is 2. The molecule has 24 heavy (non-hydrogen) atoms. The Bertz CT molecular complexity index is 309. The molecule has 4 nitrogen and oxygen atoms in total. The second-order valence-corrected chi connectivity index (χ2v) is 6.66. The summed E-state index contributed by atoms with van der Waals surface area (Å²) < 4.78 is 0. The van der Waals surface area contributed by atoms with Gasteiger partial charge < -0.3 is 10.2 Å². The molecule has 0 aromatic heterocycles. The van der Waals surface area contributed by atoms with Gasteiger partial charge in [0.05, 0.1) is 5.41 Å². The van der Waals surface area contributed by atoms with Crippen molar-refractivity contribution >= 4 is 11.9 Å². The summed E-state index contributed by atoms with van der Waals surface area (Å²) in [5.41, 5.74) is -0.451. The third-order valence-corrected chi connectivity index (χ3v) is 4.81. The van der Waals surface area contributed by atoms with Gasteiger partial charge in [0.25, 0.3) is 0 Å². The second kappa shape index (κ2) is 16.8. The van der Waals surface area contributed by atoms with Gasteiger partial charge in [-0.2, -0.15) is 0 Å². The molecule has 0 aromatic carbocycles. The quantitative estimate of drug-likeness (QED) is 0.364. The first-order valence-electron chi connectivity index (χ1n) is 9.85. The lowest BCUT2D eigenvalue weighted by Crippen LogP contribution is -2.29. The summed E-state index contributed by atoms with van der Waals surface area (Å²) in [5, 5.41) is 17.5. The van der Waals surface area contributed by atoms with Gasteiger partial charge in [0.2, 0.25) is 0 Å². The molecule has 2 N–H and O–H groups in total. The summed E-state index contributed by atoms with van der Waals surface area (Å²) in [6.07, 6.45) is 12.9. The molecule has 0 aromatic rings. The minimum Gasteiger partial charge on any atom is -0.481 e. The maximum Gasteiger partial charge on any atom is 0.309 e. The van der Waals surface area contributed by atoms with Crippen molar-refractivity contribution in [2.24, 2.45) is 5.41 Å². The van der Waals surface area contributed by atoms with Gasteiger partial charge in [-0.25, -0.2) is 0 Å². The van der Waals surface area contributed by atoms with Gasteiger partial charge in [0.1, 0.15) is 0 Å². The van der Waals surface area contributed by atoms with Crippen LogP contribution >= 0.6 is 0 Å². The fourth-order valence-electron chi connectivity index (χ4n) is 2.78. The van der Waals surface area contributed by atoms with E-state index in [4.69, 9.17) is 5.11 Å². The lowest BCUT2D eigenvalue weighted by Gasteiger charge is -2.26. The number of carbonyl (C=O) groups is 2. The molecule has 0 fully saturated rings. The molecule has 0 saturated carbocycles. The molecule has 144 valence electrons. The SMILES string of the molecule is CCCCCCC(CC)(CC)C(=O)O.CCCCCCCC(=O)O. The molecule has 0 radical (unpaired) electrons. The molecule has 0 heterocycles. The highest BCUT2D eigenvalue weighted by molar-refractivity contribution is 5.74. The summed E-state index contributed by atoms with van der Waals surface area (Å²) in [5.74, 6) is -1.28. The molecule has 0 aliphatic rings. The van der Waals surface area contributed by atoms with Crippen molar-refractivity contribution in [3.05, 3.63) is 0 Å². The zero-order chi connectivity index (χ0) is 18.8. The minimum absolute atomic E-state index is 0.337. The summed E-state index contributed by atoms with van der Waals surface area (Å²) in [7, 11) is 0. The summed E-state index contributed by atoms with van der Waals surface area (Å²) in [6.45, 7) is 8.29. The van der Waals surface area contributed by atoms with Crippen LogP contribution < -0.4 is 0 Å².